The molecule has 1 amide bonds. The molecule has 0 aliphatic heterocycles. The standard InChI is InChI=1S/C20H21ClN4O2S/c1-12-9-10-17(27-4)16(11-12)22-19(26)13(2)28-20-24-23-18(25(20)3)14-7-5-6-8-15(14)21/h5-11,13H,1-4H3,(H,22,26)/t13-/m0/s1. The number of benzene rings is 2. The summed E-state index contributed by atoms with van der Waals surface area (Å²) in [4.78, 5) is 12.7. The third-order valence-electron chi connectivity index (χ3n) is 4.21. The number of carbonyl (C=O) groups is 1. The Morgan fingerprint density at radius 1 is 1.25 bits per heavy atom. The number of rotatable bonds is 6. The van der Waals surface area contributed by atoms with Gasteiger partial charge in [-0.05, 0) is 43.7 Å². The fourth-order valence-corrected chi connectivity index (χ4v) is 3.70. The quantitative estimate of drug-likeness (QED) is 0.596. The molecule has 0 bridgehead atoms. The number of aryl methyl sites for hydroxylation is 1. The van der Waals surface area contributed by atoms with E-state index in [0.717, 1.165) is 11.1 Å². The molecule has 28 heavy (non-hydrogen) atoms. The van der Waals surface area contributed by atoms with Gasteiger partial charge in [0.25, 0.3) is 0 Å². The van der Waals surface area contributed by atoms with E-state index in [1.807, 2.05) is 67.9 Å². The van der Waals surface area contributed by atoms with Crippen LogP contribution in [0.2, 0.25) is 5.02 Å². The summed E-state index contributed by atoms with van der Waals surface area (Å²) in [6.45, 7) is 3.79. The molecule has 0 aliphatic rings. The first kappa shape index (κ1) is 20.2. The van der Waals surface area contributed by atoms with Crippen molar-refractivity contribution < 1.29 is 9.53 Å². The van der Waals surface area contributed by atoms with Crippen LogP contribution in [0.1, 0.15) is 12.5 Å². The molecule has 0 unspecified atom stereocenters. The van der Waals surface area contributed by atoms with Crippen LogP contribution in [0.3, 0.4) is 0 Å². The van der Waals surface area contributed by atoms with Gasteiger partial charge in [0.05, 0.1) is 23.1 Å². The first-order valence-corrected chi connectivity index (χ1v) is 9.93. The van der Waals surface area contributed by atoms with Gasteiger partial charge in [-0.25, -0.2) is 0 Å². The van der Waals surface area contributed by atoms with E-state index in [2.05, 4.69) is 15.5 Å². The van der Waals surface area contributed by atoms with Crippen molar-refractivity contribution in [3.63, 3.8) is 0 Å². The molecule has 3 rings (SSSR count). The van der Waals surface area contributed by atoms with Crippen LogP contribution < -0.4 is 10.1 Å². The summed E-state index contributed by atoms with van der Waals surface area (Å²) in [6, 6.07) is 13.1. The summed E-state index contributed by atoms with van der Waals surface area (Å²) in [7, 11) is 3.43. The summed E-state index contributed by atoms with van der Waals surface area (Å²) >= 11 is 7.59. The molecule has 0 spiro atoms. The highest BCUT2D eigenvalue weighted by molar-refractivity contribution is 8.00. The molecule has 1 N–H and O–H groups in total. The number of hydrogen-bond acceptors (Lipinski definition) is 5. The molecule has 0 aliphatic carbocycles. The number of carbonyl (C=O) groups excluding carboxylic acids is 1. The maximum absolute atomic E-state index is 12.7. The normalized spacial score (nSPS) is 11.9. The third-order valence-corrected chi connectivity index (χ3v) is 5.68. The first-order chi connectivity index (χ1) is 13.4. The van der Waals surface area contributed by atoms with Gasteiger partial charge in [-0.15, -0.1) is 10.2 Å². The highest BCUT2D eigenvalue weighted by Crippen LogP contribution is 2.31. The zero-order valence-electron chi connectivity index (χ0n) is 16.1. The van der Waals surface area contributed by atoms with Crippen LogP contribution >= 0.6 is 23.4 Å². The van der Waals surface area contributed by atoms with Crippen LogP contribution in [-0.2, 0) is 11.8 Å². The number of nitrogens with one attached hydrogen (secondary N) is 1. The van der Waals surface area contributed by atoms with E-state index in [0.29, 0.717) is 27.4 Å². The first-order valence-electron chi connectivity index (χ1n) is 8.67. The van der Waals surface area contributed by atoms with E-state index in [9.17, 15) is 4.79 Å². The monoisotopic (exact) mass is 416 g/mol. The maximum atomic E-state index is 12.7. The largest absolute Gasteiger partial charge is 0.495 e. The van der Waals surface area contributed by atoms with E-state index in [4.69, 9.17) is 16.3 Å². The predicted octanol–water partition coefficient (Wildman–Crippen LogP) is 4.57. The highest BCUT2D eigenvalue weighted by atomic mass is 35.5. The molecule has 0 fully saturated rings. The minimum atomic E-state index is -0.382. The van der Waals surface area contributed by atoms with Crippen molar-refractivity contribution in [2.24, 2.45) is 7.05 Å². The molecule has 1 aromatic heterocycles. The van der Waals surface area contributed by atoms with Gasteiger partial charge in [-0.2, -0.15) is 0 Å². The predicted molar refractivity (Wildman–Crippen MR) is 113 cm³/mol. The summed E-state index contributed by atoms with van der Waals surface area (Å²) in [5.41, 5.74) is 2.48. The number of ether oxygens (including phenoxy) is 1. The van der Waals surface area contributed by atoms with Crippen molar-refractivity contribution in [2.45, 2.75) is 24.3 Å². The van der Waals surface area contributed by atoms with Crippen LogP contribution in [0.25, 0.3) is 11.4 Å². The Morgan fingerprint density at radius 3 is 2.71 bits per heavy atom. The zero-order valence-corrected chi connectivity index (χ0v) is 17.6. The van der Waals surface area contributed by atoms with Gasteiger partial charge in [0.2, 0.25) is 5.91 Å². The van der Waals surface area contributed by atoms with Crippen LogP contribution in [0.15, 0.2) is 47.6 Å². The Morgan fingerprint density at radius 2 is 2.00 bits per heavy atom. The van der Waals surface area contributed by atoms with E-state index < -0.39 is 0 Å². The third kappa shape index (κ3) is 4.31. The van der Waals surface area contributed by atoms with Crippen molar-refractivity contribution in [3.8, 4) is 17.1 Å². The molecule has 0 saturated carbocycles. The molecule has 146 valence electrons. The van der Waals surface area contributed by atoms with Crippen molar-refractivity contribution >= 4 is 35.0 Å². The van der Waals surface area contributed by atoms with E-state index in [1.54, 1.807) is 7.11 Å². The Labute approximate surface area is 173 Å². The second-order valence-electron chi connectivity index (χ2n) is 6.30. The van der Waals surface area contributed by atoms with Gasteiger partial charge in [-0.3, -0.25) is 4.79 Å². The molecule has 0 saturated heterocycles. The smallest absolute Gasteiger partial charge is 0.237 e. The summed E-state index contributed by atoms with van der Waals surface area (Å²) in [5.74, 6) is 1.13. The second kappa shape index (κ2) is 8.67. The molecule has 2 aromatic carbocycles. The van der Waals surface area contributed by atoms with Gasteiger partial charge in [-0.1, -0.05) is 41.6 Å². The van der Waals surface area contributed by atoms with Gasteiger partial charge in [0, 0.05) is 12.6 Å². The number of amides is 1. The molecule has 6 nitrogen and oxygen atoms in total. The lowest BCUT2D eigenvalue weighted by molar-refractivity contribution is -0.115. The highest BCUT2D eigenvalue weighted by Gasteiger charge is 2.21. The van der Waals surface area contributed by atoms with Gasteiger partial charge >= 0.3 is 0 Å². The molecule has 8 heteroatoms. The fourth-order valence-electron chi connectivity index (χ4n) is 2.66. The molecular formula is C20H21ClN4O2S. The fraction of sp³-hybridized carbons (Fsp3) is 0.250. The molecular weight excluding hydrogens is 396 g/mol. The van der Waals surface area contributed by atoms with E-state index in [-0.39, 0.29) is 11.2 Å². The number of halogens is 1. The number of methoxy groups -OCH3 is 1. The lowest BCUT2D eigenvalue weighted by Gasteiger charge is -2.14. The topological polar surface area (TPSA) is 69.0 Å². The van der Waals surface area contributed by atoms with Crippen LogP contribution in [0.4, 0.5) is 5.69 Å². The van der Waals surface area contributed by atoms with Crippen LogP contribution in [0.5, 0.6) is 5.75 Å². The van der Waals surface area contributed by atoms with E-state index >= 15 is 0 Å². The lowest BCUT2D eigenvalue weighted by Crippen LogP contribution is -2.23. The lowest BCUT2D eigenvalue weighted by atomic mass is 10.2. The zero-order chi connectivity index (χ0) is 20.3. The average molecular weight is 417 g/mol. The average Bonchev–Trinajstić information content (AvgIpc) is 3.02. The van der Waals surface area contributed by atoms with Crippen molar-refractivity contribution in [3.05, 3.63) is 53.1 Å². The Bertz CT molecular complexity index is 1010. The van der Waals surface area contributed by atoms with Gasteiger partial charge in [0.1, 0.15) is 5.75 Å². The number of hydrogen-bond donors (Lipinski definition) is 1. The number of nitrogens with zero attached hydrogens (tertiary/aromatic N) is 3. The molecule has 0 radical (unpaired) electrons. The Hall–Kier alpha value is -2.51. The molecule has 3 aromatic rings. The summed E-state index contributed by atoms with van der Waals surface area (Å²) in [6.07, 6.45) is 0. The number of aromatic nitrogens is 3. The number of thioether (sulfide) groups is 1. The Kier molecular flexibility index (Phi) is 6.26. The molecule has 1 heterocycles. The Balaban J connectivity index is 1.75. The van der Waals surface area contributed by atoms with Gasteiger partial charge in [0.15, 0.2) is 11.0 Å². The van der Waals surface area contributed by atoms with Crippen LogP contribution in [0, 0.1) is 6.92 Å². The minimum absolute atomic E-state index is 0.142. The maximum Gasteiger partial charge on any atom is 0.237 e. The second-order valence-corrected chi connectivity index (χ2v) is 8.01. The van der Waals surface area contributed by atoms with Gasteiger partial charge < -0.3 is 14.6 Å². The molecule has 1 atom stereocenters. The number of anilines is 1. The van der Waals surface area contributed by atoms with E-state index in [1.165, 1.54) is 11.8 Å². The summed E-state index contributed by atoms with van der Waals surface area (Å²) < 4.78 is 7.16. The minimum Gasteiger partial charge on any atom is -0.495 e. The summed E-state index contributed by atoms with van der Waals surface area (Å²) in [5, 5.41) is 12.2. The van der Waals surface area contributed by atoms with Crippen molar-refractivity contribution in [1.82, 2.24) is 14.8 Å². The van der Waals surface area contributed by atoms with Crippen molar-refractivity contribution in [2.75, 3.05) is 12.4 Å². The van der Waals surface area contributed by atoms with Crippen LogP contribution in [-0.4, -0.2) is 33.0 Å². The SMILES string of the molecule is COc1ccc(C)cc1NC(=O)[C@H](C)Sc1nnc(-c2ccccc2Cl)n1C. The van der Waals surface area contributed by atoms with Crippen molar-refractivity contribution in [1.29, 1.82) is 0 Å².